The molecule has 0 aromatic rings. The predicted octanol–water partition coefficient (Wildman–Crippen LogP) is 2.32. The first kappa shape index (κ1) is 7.89. The molecule has 48 valence electrons. The fourth-order valence-corrected chi connectivity index (χ4v) is 0.480. The Balaban J connectivity index is 4.13. The summed E-state index contributed by atoms with van der Waals surface area (Å²) in [7, 11) is 0. The maximum atomic E-state index is 6.87. The van der Waals surface area contributed by atoms with Gasteiger partial charge in [0.25, 0.3) is 0 Å². The average Bonchev–Trinajstić information content (AvgIpc) is 1.88. The van der Waals surface area contributed by atoms with Gasteiger partial charge in [0.2, 0.25) is 0 Å². The van der Waals surface area contributed by atoms with Crippen LogP contribution in [0, 0.1) is 5.41 Å². The van der Waals surface area contributed by atoms with Gasteiger partial charge in [-0.25, -0.2) is 0 Å². The Labute approximate surface area is 55.9 Å². The lowest BCUT2D eigenvalue weighted by atomic mass is 10.2. The lowest BCUT2D eigenvalue weighted by Crippen LogP contribution is -1.74. The molecule has 0 aliphatic heterocycles. The monoisotopic (exact) mass is 121 g/mol. The van der Waals surface area contributed by atoms with Gasteiger partial charge in [-0.1, -0.05) is 30.9 Å². The molecule has 1 heteroatoms. The van der Waals surface area contributed by atoms with Crippen molar-refractivity contribution in [1.29, 1.82) is 5.41 Å². The molecule has 0 aliphatic carbocycles. The lowest BCUT2D eigenvalue weighted by Gasteiger charge is -1.84. The van der Waals surface area contributed by atoms with Gasteiger partial charge in [-0.3, -0.25) is 0 Å². The van der Waals surface area contributed by atoms with Crippen molar-refractivity contribution in [3.63, 3.8) is 0 Å². The summed E-state index contributed by atoms with van der Waals surface area (Å²) in [5.41, 5.74) is 0.868. The van der Waals surface area contributed by atoms with Gasteiger partial charge in [0.1, 0.15) is 0 Å². The molecule has 0 spiro atoms. The van der Waals surface area contributed by atoms with Crippen LogP contribution in [-0.4, -0.2) is 6.21 Å². The standard InChI is InChI=1S/C8H11N/c1-3-5-8(7-9)6-4-2/h3-7,9H,1H2,2H3. The molecule has 0 saturated carbocycles. The molecule has 0 bridgehead atoms. The Kier molecular flexibility index (Phi) is 4.41. The fourth-order valence-electron chi connectivity index (χ4n) is 0.480. The number of allylic oxidation sites excluding steroid dienone is 5. The minimum absolute atomic E-state index is 0.868. The summed E-state index contributed by atoms with van der Waals surface area (Å²) in [5.74, 6) is 0. The summed E-state index contributed by atoms with van der Waals surface area (Å²) in [5, 5.41) is 6.87. The second-order valence-corrected chi connectivity index (χ2v) is 1.55. The summed E-state index contributed by atoms with van der Waals surface area (Å²) in [6, 6.07) is 0. The first-order valence-corrected chi connectivity index (χ1v) is 2.81. The average molecular weight is 121 g/mol. The highest BCUT2D eigenvalue weighted by molar-refractivity contribution is 5.80. The molecule has 0 amide bonds. The third-order valence-electron chi connectivity index (χ3n) is 0.836. The third-order valence-corrected chi connectivity index (χ3v) is 0.836. The fraction of sp³-hybridized carbons (Fsp3) is 0.125. The third kappa shape index (κ3) is 3.47. The van der Waals surface area contributed by atoms with E-state index >= 15 is 0 Å². The van der Waals surface area contributed by atoms with Crippen LogP contribution in [0.1, 0.15) is 6.92 Å². The van der Waals surface area contributed by atoms with Crippen molar-refractivity contribution >= 4 is 6.21 Å². The van der Waals surface area contributed by atoms with E-state index in [1.807, 2.05) is 19.1 Å². The first-order valence-electron chi connectivity index (χ1n) is 2.81. The number of rotatable bonds is 3. The van der Waals surface area contributed by atoms with Crippen LogP contribution in [0.25, 0.3) is 0 Å². The summed E-state index contributed by atoms with van der Waals surface area (Å²) >= 11 is 0. The van der Waals surface area contributed by atoms with E-state index in [9.17, 15) is 0 Å². The number of hydrogen-bond donors (Lipinski definition) is 1. The van der Waals surface area contributed by atoms with Gasteiger partial charge in [0, 0.05) is 6.21 Å². The van der Waals surface area contributed by atoms with E-state index in [-0.39, 0.29) is 0 Å². The van der Waals surface area contributed by atoms with Crippen LogP contribution in [0.5, 0.6) is 0 Å². The van der Waals surface area contributed by atoms with Crippen LogP contribution in [0.2, 0.25) is 0 Å². The van der Waals surface area contributed by atoms with Crippen molar-refractivity contribution < 1.29 is 0 Å². The van der Waals surface area contributed by atoms with E-state index in [2.05, 4.69) is 6.58 Å². The number of nitrogens with one attached hydrogen (secondary N) is 1. The molecule has 9 heavy (non-hydrogen) atoms. The van der Waals surface area contributed by atoms with Crippen molar-refractivity contribution in [3.05, 3.63) is 36.5 Å². The highest BCUT2D eigenvalue weighted by Crippen LogP contribution is 1.91. The summed E-state index contributed by atoms with van der Waals surface area (Å²) in [4.78, 5) is 0. The van der Waals surface area contributed by atoms with E-state index in [1.165, 1.54) is 6.21 Å². The van der Waals surface area contributed by atoms with Gasteiger partial charge in [-0.05, 0) is 12.5 Å². The quantitative estimate of drug-likeness (QED) is 0.437. The van der Waals surface area contributed by atoms with Crippen LogP contribution < -0.4 is 0 Å². The summed E-state index contributed by atoms with van der Waals surface area (Å²) in [6.45, 7) is 5.43. The van der Waals surface area contributed by atoms with Gasteiger partial charge in [-0.15, -0.1) is 0 Å². The van der Waals surface area contributed by atoms with Crippen molar-refractivity contribution in [2.24, 2.45) is 0 Å². The molecule has 0 aromatic heterocycles. The second-order valence-electron chi connectivity index (χ2n) is 1.55. The molecule has 0 fully saturated rings. The van der Waals surface area contributed by atoms with Gasteiger partial charge in [0.05, 0.1) is 0 Å². The molecule has 0 aromatic carbocycles. The normalized spacial score (nSPS) is 11.9. The Morgan fingerprint density at radius 1 is 1.56 bits per heavy atom. The Morgan fingerprint density at radius 2 is 2.22 bits per heavy atom. The molecule has 0 aliphatic rings. The summed E-state index contributed by atoms with van der Waals surface area (Å²) < 4.78 is 0. The molecule has 0 radical (unpaired) electrons. The highest BCUT2D eigenvalue weighted by atomic mass is 14.3. The minimum Gasteiger partial charge on any atom is -0.308 e. The zero-order valence-corrected chi connectivity index (χ0v) is 5.59. The van der Waals surface area contributed by atoms with Crippen molar-refractivity contribution in [2.45, 2.75) is 6.92 Å². The Bertz CT molecular complexity index is 152. The zero-order valence-electron chi connectivity index (χ0n) is 5.59. The molecule has 1 N–H and O–H groups in total. The van der Waals surface area contributed by atoms with Crippen LogP contribution in [0.3, 0.4) is 0 Å². The molecule has 1 nitrogen and oxygen atoms in total. The minimum atomic E-state index is 0.868. The van der Waals surface area contributed by atoms with Gasteiger partial charge < -0.3 is 5.41 Å². The second kappa shape index (κ2) is 5.04. The Morgan fingerprint density at radius 3 is 2.56 bits per heavy atom. The van der Waals surface area contributed by atoms with Gasteiger partial charge in [-0.2, -0.15) is 0 Å². The van der Waals surface area contributed by atoms with Crippen LogP contribution in [0.15, 0.2) is 36.5 Å². The molecular formula is C8H11N. The maximum Gasteiger partial charge on any atom is 0.0250 e. The van der Waals surface area contributed by atoms with Crippen molar-refractivity contribution in [1.82, 2.24) is 0 Å². The molecule has 0 heterocycles. The van der Waals surface area contributed by atoms with Crippen LogP contribution >= 0.6 is 0 Å². The van der Waals surface area contributed by atoms with Crippen molar-refractivity contribution in [3.8, 4) is 0 Å². The zero-order chi connectivity index (χ0) is 7.11. The first-order chi connectivity index (χ1) is 4.35. The van der Waals surface area contributed by atoms with E-state index in [0.29, 0.717) is 0 Å². The number of hydrogen-bond acceptors (Lipinski definition) is 1. The SMILES string of the molecule is C=CC=C(C=N)C=CC. The predicted molar refractivity (Wildman–Crippen MR) is 41.9 cm³/mol. The van der Waals surface area contributed by atoms with E-state index in [1.54, 1.807) is 12.2 Å². The molecule has 0 rings (SSSR count). The van der Waals surface area contributed by atoms with E-state index < -0.39 is 0 Å². The molecule has 0 saturated heterocycles. The van der Waals surface area contributed by atoms with E-state index in [0.717, 1.165) is 5.57 Å². The molecular weight excluding hydrogens is 110 g/mol. The largest absolute Gasteiger partial charge is 0.308 e. The molecule has 0 atom stereocenters. The summed E-state index contributed by atoms with van der Waals surface area (Å²) in [6.07, 6.45) is 8.49. The van der Waals surface area contributed by atoms with Crippen LogP contribution in [-0.2, 0) is 0 Å². The Hall–Kier alpha value is -1.11. The smallest absolute Gasteiger partial charge is 0.0250 e. The van der Waals surface area contributed by atoms with E-state index in [4.69, 9.17) is 5.41 Å². The van der Waals surface area contributed by atoms with Crippen molar-refractivity contribution in [2.75, 3.05) is 0 Å². The van der Waals surface area contributed by atoms with Gasteiger partial charge in [0.15, 0.2) is 0 Å². The lowest BCUT2D eigenvalue weighted by molar-refractivity contribution is 1.55. The topological polar surface area (TPSA) is 23.9 Å². The van der Waals surface area contributed by atoms with Gasteiger partial charge >= 0.3 is 0 Å². The van der Waals surface area contributed by atoms with Crippen LogP contribution in [0.4, 0.5) is 0 Å². The highest BCUT2D eigenvalue weighted by Gasteiger charge is 1.77. The molecule has 0 unspecified atom stereocenters. The maximum absolute atomic E-state index is 6.87.